The molecule has 1 amide bonds. The zero-order valence-electron chi connectivity index (χ0n) is 21.0. The molecular formula is C28H32N2O7. The average molecular weight is 509 g/mol. The van der Waals surface area contributed by atoms with Gasteiger partial charge in [-0.05, 0) is 49.1 Å². The minimum absolute atomic E-state index is 0.273. The summed E-state index contributed by atoms with van der Waals surface area (Å²) in [6, 6.07) is 19.2. The first-order chi connectivity index (χ1) is 17.3. The highest BCUT2D eigenvalue weighted by atomic mass is 16.7. The number of carbonyl (C=O) groups excluding carboxylic acids is 1. The van der Waals surface area contributed by atoms with Crippen molar-refractivity contribution in [3.8, 4) is 11.1 Å². The molecule has 4 rings (SSSR count). The third-order valence-electron chi connectivity index (χ3n) is 6.73. The number of pyridine rings is 1. The van der Waals surface area contributed by atoms with E-state index in [1.54, 1.807) is 30.9 Å². The van der Waals surface area contributed by atoms with Crippen LogP contribution in [0.3, 0.4) is 0 Å². The Morgan fingerprint density at radius 3 is 2.14 bits per heavy atom. The molecule has 2 unspecified atom stereocenters. The first-order valence-corrected chi connectivity index (χ1v) is 12.1. The van der Waals surface area contributed by atoms with Crippen molar-refractivity contribution in [3.05, 3.63) is 94.4 Å². The minimum atomic E-state index is -3.27. The Labute approximate surface area is 214 Å². The van der Waals surface area contributed by atoms with Gasteiger partial charge in [0, 0.05) is 31.6 Å². The number of hydrogen-bond donors (Lipinski definition) is 4. The molecule has 196 valence electrons. The van der Waals surface area contributed by atoms with Crippen LogP contribution in [-0.4, -0.2) is 48.1 Å². The first kappa shape index (κ1) is 26.6. The molecule has 1 saturated heterocycles. The van der Waals surface area contributed by atoms with E-state index in [1.165, 1.54) is 12.1 Å². The Balaban J connectivity index is 1.53. The van der Waals surface area contributed by atoms with Crippen LogP contribution in [0.4, 0.5) is 4.79 Å². The van der Waals surface area contributed by atoms with Crippen LogP contribution in [0.25, 0.3) is 11.1 Å². The molecule has 37 heavy (non-hydrogen) atoms. The number of rotatable bonds is 7. The number of carbonyl (C=O) groups is 1. The van der Waals surface area contributed by atoms with Crippen molar-refractivity contribution in [2.75, 3.05) is 6.54 Å². The number of aromatic nitrogens is 1. The van der Waals surface area contributed by atoms with Gasteiger partial charge < -0.3 is 30.1 Å². The monoisotopic (exact) mass is 508 g/mol. The van der Waals surface area contributed by atoms with Crippen molar-refractivity contribution in [2.45, 2.75) is 57.0 Å². The van der Waals surface area contributed by atoms with E-state index < -0.39 is 29.0 Å². The Morgan fingerprint density at radius 2 is 1.59 bits per heavy atom. The quantitative estimate of drug-likeness (QED) is 0.361. The fourth-order valence-corrected chi connectivity index (χ4v) is 4.93. The highest BCUT2D eigenvalue weighted by molar-refractivity contribution is 5.70. The van der Waals surface area contributed by atoms with Gasteiger partial charge in [0.25, 0.3) is 5.56 Å². The van der Waals surface area contributed by atoms with Crippen LogP contribution in [0.2, 0.25) is 0 Å². The summed E-state index contributed by atoms with van der Waals surface area (Å²) in [6.45, 7) is 5.76. The molecule has 2 aromatic carbocycles. The largest absolute Gasteiger partial charge is 0.438 e. The van der Waals surface area contributed by atoms with Crippen LogP contribution in [0.1, 0.15) is 50.8 Å². The van der Waals surface area contributed by atoms with Gasteiger partial charge >= 0.3 is 12.2 Å². The maximum Gasteiger partial charge on any atom is 0.411 e. The second-order valence-electron chi connectivity index (χ2n) is 10.2. The van der Waals surface area contributed by atoms with Crippen molar-refractivity contribution >= 4 is 6.09 Å². The van der Waals surface area contributed by atoms with Crippen LogP contribution in [0.5, 0.6) is 0 Å². The van der Waals surface area contributed by atoms with Crippen LogP contribution in [0, 0.1) is 0 Å². The molecule has 0 bridgehead atoms. The van der Waals surface area contributed by atoms with Crippen molar-refractivity contribution in [3.63, 3.8) is 0 Å². The summed E-state index contributed by atoms with van der Waals surface area (Å²) >= 11 is 0. The number of benzene rings is 2. The number of nitrogens with zero attached hydrogens (tertiary/aromatic N) is 2. The van der Waals surface area contributed by atoms with Crippen molar-refractivity contribution in [1.29, 1.82) is 0 Å². The predicted molar refractivity (Wildman–Crippen MR) is 136 cm³/mol. The van der Waals surface area contributed by atoms with E-state index in [4.69, 9.17) is 4.74 Å². The molecule has 1 fully saturated rings. The Kier molecular flexibility index (Phi) is 7.00. The Hall–Kier alpha value is -3.50. The van der Waals surface area contributed by atoms with E-state index in [9.17, 15) is 30.0 Å². The molecule has 1 aromatic heterocycles. The lowest BCUT2D eigenvalue weighted by Gasteiger charge is -2.45. The lowest BCUT2D eigenvalue weighted by molar-refractivity contribution is -0.376. The molecule has 0 radical (unpaired) electrons. The zero-order chi connectivity index (χ0) is 27.0. The molecule has 3 aromatic rings. The molecule has 1 aliphatic rings. The third-order valence-corrected chi connectivity index (χ3v) is 6.73. The summed E-state index contributed by atoms with van der Waals surface area (Å²) in [4.78, 5) is 27.0. The van der Waals surface area contributed by atoms with Gasteiger partial charge in [-0.15, -0.1) is 0 Å². The summed E-state index contributed by atoms with van der Waals surface area (Å²) in [5.41, 5.74) is 0.204. The maximum absolute atomic E-state index is 13.2. The molecule has 2 heterocycles. The topological polar surface area (TPSA) is 132 Å². The lowest BCUT2D eigenvalue weighted by Crippen LogP contribution is -2.51. The summed E-state index contributed by atoms with van der Waals surface area (Å²) in [6.07, 6.45) is -1.85. The normalized spacial score (nSPS) is 19.4. The maximum atomic E-state index is 13.2. The van der Waals surface area contributed by atoms with Gasteiger partial charge in [-0.2, -0.15) is 0 Å². The summed E-state index contributed by atoms with van der Waals surface area (Å²) in [7, 11) is 0. The van der Waals surface area contributed by atoms with Gasteiger partial charge in [0.1, 0.15) is 5.60 Å². The summed E-state index contributed by atoms with van der Waals surface area (Å²) < 4.78 is 6.46. The molecule has 0 aliphatic carbocycles. The Bertz CT molecular complexity index is 1310. The summed E-state index contributed by atoms with van der Waals surface area (Å²) in [5.74, 6) is 0. The van der Waals surface area contributed by atoms with Crippen molar-refractivity contribution in [1.82, 2.24) is 9.47 Å². The highest BCUT2D eigenvalue weighted by Crippen LogP contribution is 2.42. The van der Waals surface area contributed by atoms with Gasteiger partial charge in [-0.1, -0.05) is 54.6 Å². The molecule has 4 N–H and O–H groups in total. The van der Waals surface area contributed by atoms with Crippen molar-refractivity contribution in [2.24, 2.45) is 0 Å². The number of cyclic esters (lactones) is 1. The smallest absolute Gasteiger partial charge is 0.411 e. The fraction of sp³-hybridized carbons (Fsp3) is 0.357. The van der Waals surface area contributed by atoms with Gasteiger partial charge in [0.2, 0.25) is 0 Å². The molecule has 2 atom stereocenters. The van der Waals surface area contributed by atoms with Crippen LogP contribution >= 0.6 is 0 Å². The molecule has 0 saturated carbocycles. The first-order valence-electron chi connectivity index (χ1n) is 12.1. The van der Waals surface area contributed by atoms with E-state index >= 15 is 0 Å². The molecular weight excluding hydrogens is 476 g/mol. The number of hydrogen-bond acceptors (Lipinski definition) is 7. The second kappa shape index (κ2) is 9.75. The fourth-order valence-electron chi connectivity index (χ4n) is 4.93. The highest BCUT2D eigenvalue weighted by Gasteiger charge is 2.46. The van der Waals surface area contributed by atoms with E-state index in [0.717, 1.165) is 17.3 Å². The second-order valence-corrected chi connectivity index (χ2v) is 10.2. The van der Waals surface area contributed by atoms with E-state index in [1.807, 2.05) is 49.4 Å². The predicted octanol–water partition coefficient (Wildman–Crippen LogP) is 3.02. The number of amides is 1. The molecule has 9 nitrogen and oxygen atoms in total. The molecule has 1 aliphatic heterocycles. The minimum Gasteiger partial charge on any atom is -0.438 e. The average Bonchev–Trinajstić information content (AvgIpc) is 2.82. The summed E-state index contributed by atoms with van der Waals surface area (Å²) in [5, 5.41) is 38.3. The van der Waals surface area contributed by atoms with Crippen LogP contribution in [0.15, 0.2) is 77.7 Å². The van der Waals surface area contributed by atoms with Crippen LogP contribution < -0.4 is 5.56 Å². The Morgan fingerprint density at radius 1 is 0.946 bits per heavy atom. The zero-order valence-corrected chi connectivity index (χ0v) is 21.0. The molecule has 9 heteroatoms. The third kappa shape index (κ3) is 5.75. The van der Waals surface area contributed by atoms with Gasteiger partial charge in [-0.3, -0.25) is 4.79 Å². The van der Waals surface area contributed by atoms with E-state index in [-0.39, 0.29) is 12.5 Å². The lowest BCUT2D eigenvalue weighted by atomic mass is 9.80. The van der Waals surface area contributed by atoms with Gasteiger partial charge in [-0.25, -0.2) is 9.36 Å². The van der Waals surface area contributed by atoms with E-state index in [2.05, 4.69) is 0 Å². The van der Waals surface area contributed by atoms with Gasteiger partial charge in [0.15, 0.2) is 0 Å². The number of ether oxygens (including phenoxy) is 1. The van der Waals surface area contributed by atoms with Crippen LogP contribution in [-0.2, 0) is 16.4 Å². The van der Waals surface area contributed by atoms with Crippen molar-refractivity contribution < 1.29 is 30.0 Å². The van der Waals surface area contributed by atoms with E-state index in [0.29, 0.717) is 28.7 Å². The molecule has 0 spiro atoms. The standard InChI is InChI=1S/C28H32N2O7/c1-19(20-9-11-21(12-10-20)22-13-15-30(24(31)17-22)28(34,35)36)29-16-14-27(37-25(29)32,18-26(2,3)33)23-7-5-4-6-8-23/h4-13,15,17,19,33-36H,14,16,18H2,1-3H3. The van der Waals surface area contributed by atoms with Gasteiger partial charge in [0.05, 0.1) is 11.6 Å². The SMILES string of the molecule is CC(c1ccc(-c2ccn(C(O)(O)O)c(=O)c2)cc1)N1CCC(CC(C)(C)O)(c2ccccc2)OC1=O. The number of aliphatic hydroxyl groups is 4.